The van der Waals surface area contributed by atoms with Gasteiger partial charge in [-0.3, -0.25) is 0 Å². The molecule has 0 bridgehead atoms. The topological polar surface area (TPSA) is 62.7 Å². The molecule has 2 aromatic heterocycles. The summed E-state index contributed by atoms with van der Waals surface area (Å²) < 4.78 is 7.12. The summed E-state index contributed by atoms with van der Waals surface area (Å²) in [6.07, 6.45) is 0. The van der Waals surface area contributed by atoms with Crippen molar-refractivity contribution in [3.05, 3.63) is 121 Å². The van der Waals surface area contributed by atoms with Crippen molar-refractivity contribution in [1.82, 2.24) is 9.97 Å². The second kappa shape index (κ2) is 9.11. The molecule has 38 heavy (non-hydrogen) atoms. The molecular formula is C33H19N3OS. The highest BCUT2D eigenvalue weighted by Gasteiger charge is 2.13. The molecule has 7 rings (SSSR count). The molecule has 0 aliphatic rings. The average molecular weight is 506 g/mol. The number of aromatic nitrogens is 2. The molecule has 0 aliphatic heterocycles. The van der Waals surface area contributed by atoms with Gasteiger partial charge >= 0.3 is 0 Å². The van der Waals surface area contributed by atoms with Crippen molar-refractivity contribution in [3.63, 3.8) is 0 Å². The van der Waals surface area contributed by atoms with Crippen molar-refractivity contribution in [2.24, 2.45) is 0 Å². The van der Waals surface area contributed by atoms with Crippen LogP contribution in [-0.2, 0) is 0 Å². The first kappa shape index (κ1) is 22.2. The maximum Gasteiger partial charge on any atom is 0.227 e. The van der Waals surface area contributed by atoms with E-state index in [1.54, 1.807) is 11.3 Å². The predicted octanol–water partition coefficient (Wildman–Crippen LogP) is 8.98. The Morgan fingerprint density at radius 1 is 0.579 bits per heavy atom. The van der Waals surface area contributed by atoms with Gasteiger partial charge in [0, 0.05) is 11.1 Å². The monoisotopic (exact) mass is 505 g/mol. The highest BCUT2D eigenvalue weighted by atomic mass is 32.1. The molecule has 4 nitrogen and oxygen atoms in total. The number of oxazole rings is 1. The SMILES string of the molecule is N#Cc1ccc(-c2cc(-c3ccc(-c4nc5ccccc5o4)cc3)cc(-c3nc4ccccc4s3)c2)cc1. The zero-order valence-corrected chi connectivity index (χ0v) is 20.9. The van der Waals surface area contributed by atoms with Gasteiger partial charge in [0.05, 0.1) is 21.8 Å². The van der Waals surface area contributed by atoms with Crippen LogP contribution >= 0.6 is 11.3 Å². The van der Waals surface area contributed by atoms with E-state index in [1.165, 1.54) is 0 Å². The second-order valence-corrected chi connectivity index (χ2v) is 10.1. The van der Waals surface area contributed by atoms with Crippen molar-refractivity contribution < 1.29 is 4.42 Å². The summed E-state index contributed by atoms with van der Waals surface area (Å²) in [6.45, 7) is 0. The van der Waals surface area contributed by atoms with Crippen molar-refractivity contribution in [2.75, 3.05) is 0 Å². The number of benzene rings is 5. The highest BCUT2D eigenvalue weighted by Crippen LogP contribution is 2.37. The quantitative estimate of drug-likeness (QED) is 0.239. The first-order valence-electron chi connectivity index (χ1n) is 12.2. The van der Waals surface area contributed by atoms with E-state index in [4.69, 9.17) is 9.40 Å². The smallest absolute Gasteiger partial charge is 0.227 e. The van der Waals surface area contributed by atoms with E-state index in [0.717, 1.165) is 59.7 Å². The number of fused-ring (bicyclic) bond motifs is 2. The third-order valence-electron chi connectivity index (χ3n) is 6.58. The maximum atomic E-state index is 9.23. The fourth-order valence-corrected chi connectivity index (χ4v) is 5.57. The molecule has 0 amide bonds. The largest absolute Gasteiger partial charge is 0.436 e. The molecular weight excluding hydrogens is 486 g/mol. The van der Waals surface area contributed by atoms with E-state index in [2.05, 4.69) is 47.5 Å². The van der Waals surface area contributed by atoms with Gasteiger partial charge in [0.15, 0.2) is 5.58 Å². The van der Waals surface area contributed by atoms with Crippen LogP contribution in [0.1, 0.15) is 5.56 Å². The van der Waals surface area contributed by atoms with Gasteiger partial charge in [-0.05, 0) is 89.0 Å². The Labute approximate surface area is 223 Å². The molecule has 0 atom stereocenters. The Morgan fingerprint density at radius 2 is 1.18 bits per heavy atom. The van der Waals surface area contributed by atoms with Crippen molar-refractivity contribution in [1.29, 1.82) is 5.26 Å². The first-order valence-corrected chi connectivity index (χ1v) is 13.0. The lowest BCUT2D eigenvalue weighted by molar-refractivity contribution is 0.620. The minimum atomic E-state index is 0.610. The normalized spacial score (nSPS) is 11.1. The van der Waals surface area contributed by atoms with Crippen molar-refractivity contribution in [2.45, 2.75) is 0 Å². The molecule has 0 fully saturated rings. The maximum absolute atomic E-state index is 9.23. The lowest BCUT2D eigenvalue weighted by atomic mass is 9.95. The number of thiazole rings is 1. The summed E-state index contributed by atoms with van der Waals surface area (Å²) in [4.78, 5) is 9.54. The molecule has 0 unspecified atom stereocenters. The highest BCUT2D eigenvalue weighted by molar-refractivity contribution is 7.21. The first-order chi connectivity index (χ1) is 18.7. The molecule has 7 aromatic rings. The minimum Gasteiger partial charge on any atom is -0.436 e. The molecule has 5 aromatic carbocycles. The van der Waals surface area contributed by atoms with Crippen LogP contribution in [0.4, 0.5) is 0 Å². The standard InChI is InChI=1S/C33H19N3OS/c34-20-21-9-11-22(12-10-21)25-17-26(19-27(18-25)33-36-29-6-2-4-8-31(29)38-33)23-13-15-24(16-14-23)32-35-28-5-1-3-7-30(28)37-32/h1-19H. The Bertz CT molecular complexity index is 1910. The Balaban J connectivity index is 1.33. The second-order valence-electron chi connectivity index (χ2n) is 9.04. The van der Waals surface area contributed by atoms with E-state index in [0.29, 0.717) is 11.5 Å². The number of nitrogens with zero attached hydrogens (tertiary/aromatic N) is 3. The van der Waals surface area contributed by atoms with E-state index >= 15 is 0 Å². The van der Waals surface area contributed by atoms with Gasteiger partial charge in [0.1, 0.15) is 10.5 Å². The van der Waals surface area contributed by atoms with Crippen LogP contribution < -0.4 is 0 Å². The molecule has 0 saturated heterocycles. The van der Waals surface area contributed by atoms with Crippen LogP contribution in [0.25, 0.3) is 65.6 Å². The average Bonchev–Trinajstić information content (AvgIpc) is 3.62. The van der Waals surface area contributed by atoms with Gasteiger partial charge < -0.3 is 4.42 Å². The zero-order valence-electron chi connectivity index (χ0n) is 20.1. The Morgan fingerprint density at radius 3 is 1.87 bits per heavy atom. The van der Waals surface area contributed by atoms with Crippen LogP contribution in [0.2, 0.25) is 0 Å². The fourth-order valence-electron chi connectivity index (χ4n) is 4.62. The number of nitriles is 1. The Hall–Kier alpha value is -5.05. The van der Waals surface area contributed by atoms with Gasteiger partial charge in [0.25, 0.3) is 0 Å². The summed E-state index contributed by atoms with van der Waals surface area (Å²) in [5.41, 5.74) is 9.56. The fraction of sp³-hybridized carbons (Fsp3) is 0. The molecule has 0 saturated carbocycles. The van der Waals surface area contributed by atoms with Gasteiger partial charge in [-0.25, -0.2) is 9.97 Å². The number of hydrogen-bond donors (Lipinski definition) is 0. The lowest BCUT2D eigenvalue weighted by Gasteiger charge is -2.10. The van der Waals surface area contributed by atoms with E-state index in [1.807, 2.05) is 78.9 Å². The van der Waals surface area contributed by atoms with Crippen LogP contribution in [0.15, 0.2) is 120 Å². The summed E-state index contributed by atoms with van der Waals surface area (Å²) in [5.74, 6) is 0.610. The molecule has 0 aliphatic carbocycles. The Kier molecular flexibility index (Phi) is 5.32. The molecule has 0 radical (unpaired) electrons. The molecule has 178 valence electrons. The third-order valence-corrected chi connectivity index (χ3v) is 7.67. The molecule has 5 heteroatoms. The third kappa shape index (κ3) is 4.03. The van der Waals surface area contributed by atoms with Crippen LogP contribution in [0.5, 0.6) is 0 Å². The van der Waals surface area contributed by atoms with Gasteiger partial charge in [0.2, 0.25) is 5.89 Å². The van der Waals surface area contributed by atoms with E-state index in [9.17, 15) is 5.26 Å². The van der Waals surface area contributed by atoms with Crippen molar-refractivity contribution >= 4 is 32.7 Å². The van der Waals surface area contributed by atoms with Gasteiger partial charge in [-0.2, -0.15) is 5.26 Å². The lowest BCUT2D eigenvalue weighted by Crippen LogP contribution is -1.87. The number of hydrogen-bond acceptors (Lipinski definition) is 5. The summed E-state index contributed by atoms with van der Waals surface area (Å²) >= 11 is 1.69. The minimum absolute atomic E-state index is 0.610. The molecule has 0 spiro atoms. The van der Waals surface area contributed by atoms with Gasteiger partial charge in [-0.15, -0.1) is 11.3 Å². The summed E-state index contributed by atoms with van der Waals surface area (Å²) in [5, 5.41) is 10.2. The predicted molar refractivity (Wildman–Crippen MR) is 154 cm³/mol. The van der Waals surface area contributed by atoms with Crippen LogP contribution in [-0.4, -0.2) is 9.97 Å². The molecule has 0 N–H and O–H groups in total. The zero-order chi connectivity index (χ0) is 25.5. The van der Waals surface area contributed by atoms with Crippen LogP contribution in [0.3, 0.4) is 0 Å². The van der Waals surface area contributed by atoms with Gasteiger partial charge in [-0.1, -0.05) is 48.5 Å². The van der Waals surface area contributed by atoms with Crippen molar-refractivity contribution in [3.8, 4) is 50.3 Å². The summed E-state index contributed by atoms with van der Waals surface area (Å²) in [6, 6.07) is 40.8. The number of para-hydroxylation sites is 3. The van der Waals surface area contributed by atoms with Crippen LogP contribution in [0, 0.1) is 11.3 Å². The number of rotatable bonds is 4. The van der Waals surface area contributed by atoms with E-state index < -0.39 is 0 Å². The summed E-state index contributed by atoms with van der Waals surface area (Å²) in [7, 11) is 0. The molecule has 2 heterocycles. The van der Waals surface area contributed by atoms with E-state index in [-0.39, 0.29) is 0 Å².